The van der Waals surface area contributed by atoms with Gasteiger partial charge in [0, 0.05) is 20.1 Å². The van der Waals surface area contributed by atoms with E-state index in [1.807, 2.05) is 18.2 Å². The molecule has 0 aromatic heterocycles. The summed E-state index contributed by atoms with van der Waals surface area (Å²) in [7, 11) is 1.78. The largest absolute Gasteiger partial charge is 0.454 e. The van der Waals surface area contributed by atoms with E-state index in [1.54, 1.807) is 11.9 Å². The van der Waals surface area contributed by atoms with E-state index >= 15 is 0 Å². The molecule has 114 valence electrons. The Morgan fingerprint density at radius 1 is 1.33 bits per heavy atom. The topological polar surface area (TPSA) is 74.0 Å². The van der Waals surface area contributed by atoms with Gasteiger partial charge in [0.2, 0.25) is 6.79 Å². The van der Waals surface area contributed by atoms with Gasteiger partial charge in [-0.1, -0.05) is 6.07 Å². The van der Waals surface area contributed by atoms with Crippen LogP contribution in [0.4, 0.5) is 0 Å². The number of ether oxygens (including phenoxy) is 3. The molecule has 2 heterocycles. The van der Waals surface area contributed by atoms with Crippen molar-refractivity contribution in [2.45, 2.75) is 31.6 Å². The van der Waals surface area contributed by atoms with Gasteiger partial charge >= 0.3 is 0 Å². The van der Waals surface area contributed by atoms with Crippen LogP contribution in [0.15, 0.2) is 18.2 Å². The Bertz CT molecular complexity index is 534. The number of likely N-dealkylation sites (N-methyl/N-ethyl adjacent to an activating group) is 1. The minimum absolute atomic E-state index is 0.00335. The lowest BCUT2D eigenvalue weighted by molar-refractivity contribution is -0.141. The van der Waals surface area contributed by atoms with E-state index in [1.165, 1.54) is 0 Å². The number of rotatable bonds is 4. The molecule has 2 N–H and O–H groups in total. The van der Waals surface area contributed by atoms with E-state index in [0.717, 1.165) is 29.9 Å². The highest BCUT2D eigenvalue weighted by atomic mass is 16.7. The number of hydrogen-bond acceptors (Lipinski definition) is 5. The third kappa shape index (κ3) is 2.96. The highest BCUT2D eigenvalue weighted by Gasteiger charge is 2.31. The van der Waals surface area contributed by atoms with Crippen molar-refractivity contribution in [1.82, 2.24) is 4.90 Å². The normalized spacial score (nSPS) is 23.3. The molecule has 6 heteroatoms. The molecule has 21 heavy (non-hydrogen) atoms. The van der Waals surface area contributed by atoms with Crippen LogP contribution in [-0.4, -0.2) is 43.4 Å². The second-order valence-corrected chi connectivity index (χ2v) is 5.44. The first-order valence-corrected chi connectivity index (χ1v) is 7.16. The molecule has 1 amide bonds. The molecular formula is C15H20N2O4. The molecule has 0 radical (unpaired) electrons. The predicted octanol–water partition coefficient (Wildman–Crippen LogP) is 0.880. The number of amides is 1. The number of carbonyl (C=O) groups is 1. The molecule has 6 nitrogen and oxygen atoms in total. The molecule has 0 aliphatic carbocycles. The molecular weight excluding hydrogens is 272 g/mol. The van der Waals surface area contributed by atoms with Crippen LogP contribution >= 0.6 is 0 Å². The van der Waals surface area contributed by atoms with Crippen LogP contribution in [0.2, 0.25) is 0 Å². The Kier molecular flexibility index (Phi) is 3.98. The molecule has 1 aromatic rings. The summed E-state index contributed by atoms with van der Waals surface area (Å²) in [5.74, 6) is 1.48. The van der Waals surface area contributed by atoms with Crippen LogP contribution in [0.5, 0.6) is 11.5 Å². The highest BCUT2D eigenvalue weighted by Crippen LogP contribution is 2.32. The maximum absolute atomic E-state index is 12.3. The maximum Gasteiger partial charge on any atom is 0.251 e. The molecule has 1 saturated heterocycles. The molecule has 0 saturated carbocycles. The molecule has 2 aliphatic rings. The van der Waals surface area contributed by atoms with Crippen LogP contribution in [0.25, 0.3) is 0 Å². The van der Waals surface area contributed by atoms with Gasteiger partial charge < -0.3 is 24.8 Å². The van der Waals surface area contributed by atoms with E-state index in [9.17, 15) is 4.79 Å². The number of carbonyl (C=O) groups excluding carboxylic acids is 1. The number of fused-ring (bicyclic) bond motifs is 1. The fourth-order valence-electron chi connectivity index (χ4n) is 2.70. The van der Waals surface area contributed by atoms with Crippen LogP contribution in [-0.2, 0) is 16.1 Å². The third-order valence-corrected chi connectivity index (χ3v) is 3.88. The second-order valence-electron chi connectivity index (χ2n) is 5.44. The summed E-state index contributed by atoms with van der Waals surface area (Å²) in [4.78, 5) is 14.0. The van der Waals surface area contributed by atoms with Crippen molar-refractivity contribution in [3.63, 3.8) is 0 Å². The summed E-state index contributed by atoms with van der Waals surface area (Å²) >= 11 is 0. The summed E-state index contributed by atoms with van der Waals surface area (Å²) in [5.41, 5.74) is 6.58. The van der Waals surface area contributed by atoms with Crippen molar-refractivity contribution in [3.8, 4) is 11.5 Å². The number of nitrogens with two attached hydrogens (primary N) is 1. The van der Waals surface area contributed by atoms with Crippen molar-refractivity contribution in [3.05, 3.63) is 23.8 Å². The van der Waals surface area contributed by atoms with Gasteiger partial charge in [0.15, 0.2) is 11.5 Å². The molecule has 0 bridgehead atoms. The van der Waals surface area contributed by atoms with Gasteiger partial charge in [-0.05, 0) is 30.5 Å². The number of benzene rings is 1. The van der Waals surface area contributed by atoms with Crippen LogP contribution in [0.3, 0.4) is 0 Å². The fraction of sp³-hybridized carbons (Fsp3) is 0.533. The van der Waals surface area contributed by atoms with Crippen molar-refractivity contribution < 1.29 is 19.0 Å². The van der Waals surface area contributed by atoms with Gasteiger partial charge in [-0.2, -0.15) is 0 Å². The Balaban J connectivity index is 1.61. The van der Waals surface area contributed by atoms with Crippen LogP contribution in [0, 0.1) is 0 Å². The minimum Gasteiger partial charge on any atom is -0.454 e. The Hall–Kier alpha value is -1.79. The first-order chi connectivity index (χ1) is 10.2. The summed E-state index contributed by atoms with van der Waals surface area (Å²) < 4.78 is 16.3. The lowest BCUT2D eigenvalue weighted by Crippen LogP contribution is -2.36. The van der Waals surface area contributed by atoms with Crippen LogP contribution < -0.4 is 15.2 Å². The van der Waals surface area contributed by atoms with Crippen molar-refractivity contribution >= 4 is 5.91 Å². The average Bonchev–Trinajstić information content (AvgIpc) is 3.14. The molecule has 3 rings (SSSR count). The summed E-state index contributed by atoms with van der Waals surface area (Å²) in [6.07, 6.45) is 1.24. The lowest BCUT2D eigenvalue weighted by Gasteiger charge is -2.21. The van der Waals surface area contributed by atoms with E-state index in [2.05, 4.69) is 0 Å². The molecule has 0 spiro atoms. The molecule has 2 unspecified atom stereocenters. The number of hydrogen-bond donors (Lipinski definition) is 1. The van der Waals surface area contributed by atoms with E-state index in [0.29, 0.717) is 13.1 Å². The Morgan fingerprint density at radius 3 is 2.90 bits per heavy atom. The molecule has 1 aromatic carbocycles. The van der Waals surface area contributed by atoms with E-state index in [-0.39, 0.29) is 24.9 Å². The van der Waals surface area contributed by atoms with Crippen molar-refractivity contribution in [1.29, 1.82) is 0 Å². The van der Waals surface area contributed by atoms with Gasteiger partial charge in [-0.3, -0.25) is 4.79 Å². The van der Waals surface area contributed by atoms with E-state index < -0.39 is 0 Å². The monoisotopic (exact) mass is 292 g/mol. The predicted molar refractivity (Wildman–Crippen MR) is 76.0 cm³/mol. The summed E-state index contributed by atoms with van der Waals surface area (Å²) in [6.45, 7) is 1.24. The first-order valence-electron chi connectivity index (χ1n) is 7.16. The van der Waals surface area contributed by atoms with E-state index in [4.69, 9.17) is 19.9 Å². The standard InChI is InChI=1S/C15H20N2O4/c1-17(15(18)13-5-3-11(7-16)21-13)8-10-2-4-12-14(6-10)20-9-19-12/h2,4,6,11,13H,3,5,7-9,16H2,1H3. The van der Waals surface area contributed by atoms with Crippen LogP contribution in [0.1, 0.15) is 18.4 Å². The molecule has 2 atom stereocenters. The van der Waals surface area contributed by atoms with Crippen molar-refractivity contribution in [2.75, 3.05) is 20.4 Å². The summed E-state index contributed by atoms with van der Waals surface area (Å²) in [5, 5.41) is 0. The first kappa shape index (κ1) is 14.2. The smallest absolute Gasteiger partial charge is 0.251 e. The number of nitrogens with zero attached hydrogens (tertiary/aromatic N) is 1. The zero-order valence-corrected chi connectivity index (χ0v) is 12.1. The van der Waals surface area contributed by atoms with Gasteiger partial charge in [0.1, 0.15) is 6.10 Å². The fourth-order valence-corrected chi connectivity index (χ4v) is 2.70. The SMILES string of the molecule is CN(Cc1ccc2c(c1)OCO2)C(=O)C1CCC(CN)O1. The molecule has 2 aliphatic heterocycles. The average molecular weight is 292 g/mol. The minimum atomic E-state index is -0.363. The molecule has 1 fully saturated rings. The maximum atomic E-state index is 12.3. The van der Waals surface area contributed by atoms with Gasteiger partial charge in [-0.15, -0.1) is 0 Å². The quantitative estimate of drug-likeness (QED) is 0.891. The van der Waals surface area contributed by atoms with Gasteiger partial charge in [-0.25, -0.2) is 0 Å². The second kappa shape index (κ2) is 5.91. The van der Waals surface area contributed by atoms with Crippen molar-refractivity contribution in [2.24, 2.45) is 5.73 Å². The van der Waals surface area contributed by atoms with Gasteiger partial charge in [0.25, 0.3) is 5.91 Å². The highest BCUT2D eigenvalue weighted by molar-refractivity contribution is 5.81. The Labute approximate surface area is 123 Å². The zero-order valence-electron chi connectivity index (χ0n) is 12.1. The summed E-state index contributed by atoms with van der Waals surface area (Å²) in [6, 6.07) is 5.71. The third-order valence-electron chi connectivity index (χ3n) is 3.88. The Morgan fingerprint density at radius 2 is 2.14 bits per heavy atom. The lowest BCUT2D eigenvalue weighted by atomic mass is 10.1. The zero-order chi connectivity index (χ0) is 14.8. The van der Waals surface area contributed by atoms with Gasteiger partial charge in [0.05, 0.1) is 6.10 Å².